The molecule has 0 atom stereocenters. The second-order valence-electron chi connectivity index (χ2n) is 4.38. The van der Waals surface area contributed by atoms with Gasteiger partial charge in [-0.3, -0.25) is 0 Å². The number of hydrogen-bond donors (Lipinski definition) is 0. The van der Waals surface area contributed by atoms with Crippen molar-refractivity contribution in [2.24, 2.45) is 0 Å². The van der Waals surface area contributed by atoms with Gasteiger partial charge < -0.3 is 4.90 Å². The average Bonchev–Trinajstić information content (AvgIpc) is 2.43. The van der Waals surface area contributed by atoms with Crippen LogP contribution >= 0.6 is 15.9 Å². The first kappa shape index (κ1) is 13.9. The van der Waals surface area contributed by atoms with Crippen LogP contribution in [0.3, 0.4) is 0 Å². The molecule has 0 saturated heterocycles. The lowest BCUT2D eigenvalue weighted by Gasteiger charge is -2.21. The van der Waals surface area contributed by atoms with E-state index in [1.54, 1.807) is 0 Å². The van der Waals surface area contributed by atoms with Crippen molar-refractivity contribution in [2.75, 3.05) is 16.8 Å². The van der Waals surface area contributed by atoms with Crippen molar-refractivity contribution in [1.29, 1.82) is 0 Å². The maximum Gasteiger partial charge on any atom is 0.245 e. The number of alkyl halides is 1. The Bertz CT molecular complexity index is 530. The van der Waals surface area contributed by atoms with Gasteiger partial charge in [-0.15, -0.1) is 5.10 Å². The van der Waals surface area contributed by atoms with Gasteiger partial charge in [0, 0.05) is 18.4 Å². The third kappa shape index (κ3) is 3.73. The molecular formula is C14H17BrN4. The maximum atomic E-state index is 4.52. The molecular weight excluding hydrogens is 304 g/mol. The molecule has 1 aromatic heterocycles. The normalized spacial score (nSPS) is 10.5. The summed E-state index contributed by atoms with van der Waals surface area (Å²) in [6, 6.07) is 10.3. The Kier molecular flexibility index (Phi) is 4.85. The first-order chi connectivity index (χ1) is 9.20. The topological polar surface area (TPSA) is 41.9 Å². The van der Waals surface area contributed by atoms with Crippen LogP contribution < -0.4 is 4.90 Å². The molecule has 0 fully saturated rings. The van der Waals surface area contributed by atoms with Crippen molar-refractivity contribution in [2.45, 2.75) is 20.4 Å². The monoisotopic (exact) mass is 320 g/mol. The van der Waals surface area contributed by atoms with Gasteiger partial charge in [0.15, 0.2) is 0 Å². The van der Waals surface area contributed by atoms with Crippen molar-refractivity contribution in [3.8, 4) is 0 Å². The molecule has 1 heterocycles. The van der Waals surface area contributed by atoms with Crippen molar-refractivity contribution in [1.82, 2.24) is 15.2 Å². The minimum atomic E-state index is 0.686. The Morgan fingerprint density at radius 3 is 2.42 bits per heavy atom. The van der Waals surface area contributed by atoms with Crippen LogP contribution in [0.1, 0.15) is 17.0 Å². The summed E-state index contributed by atoms with van der Waals surface area (Å²) in [5.74, 6) is 0.686. The molecule has 4 nitrogen and oxygen atoms in total. The number of halogens is 1. The van der Waals surface area contributed by atoms with Crippen molar-refractivity contribution >= 4 is 21.9 Å². The third-order valence-corrected chi connectivity index (χ3v) is 3.29. The summed E-state index contributed by atoms with van der Waals surface area (Å²) in [5, 5.41) is 9.22. The summed E-state index contributed by atoms with van der Waals surface area (Å²) in [6.45, 7) is 5.52. The molecule has 0 aliphatic carbocycles. The van der Waals surface area contributed by atoms with Gasteiger partial charge in [-0.25, -0.2) is 4.98 Å². The zero-order chi connectivity index (χ0) is 13.7. The molecule has 2 aromatic rings. The van der Waals surface area contributed by atoms with E-state index in [0.717, 1.165) is 29.8 Å². The minimum absolute atomic E-state index is 0.686. The lowest BCUT2D eigenvalue weighted by Crippen LogP contribution is -2.27. The van der Waals surface area contributed by atoms with Crippen LogP contribution in [-0.2, 0) is 6.54 Å². The van der Waals surface area contributed by atoms with E-state index < -0.39 is 0 Å². The van der Waals surface area contributed by atoms with Gasteiger partial charge in [-0.1, -0.05) is 46.3 Å². The van der Waals surface area contributed by atoms with Gasteiger partial charge in [-0.2, -0.15) is 5.10 Å². The fourth-order valence-electron chi connectivity index (χ4n) is 1.73. The second kappa shape index (κ2) is 6.61. The fraction of sp³-hybridized carbons (Fsp3) is 0.357. The molecule has 0 spiro atoms. The number of anilines is 1. The summed E-state index contributed by atoms with van der Waals surface area (Å²) in [4.78, 5) is 6.65. The molecule has 1 aromatic carbocycles. The summed E-state index contributed by atoms with van der Waals surface area (Å²) < 4.78 is 0. The highest BCUT2D eigenvalue weighted by Gasteiger charge is 2.11. The maximum absolute atomic E-state index is 4.52. The number of rotatable bonds is 5. The quantitative estimate of drug-likeness (QED) is 0.794. The van der Waals surface area contributed by atoms with E-state index in [4.69, 9.17) is 0 Å². The zero-order valence-corrected chi connectivity index (χ0v) is 12.8. The smallest absolute Gasteiger partial charge is 0.245 e. The standard InChI is InChI=1S/C14H17BrN4/c1-11-12(2)17-18-14(16-11)19(9-8-15)10-13-6-4-3-5-7-13/h3-7H,8-10H2,1-2H3. The van der Waals surface area contributed by atoms with Crippen molar-refractivity contribution in [3.63, 3.8) is 0 Å². The SMILES string of the molecule is Cc1nnc(N(CCBr)Cc2ccccc2)nc1C. The molecule has 0 saturated carbocycles. The van der Waals surface area contributed by atoms with Crippen LogP contribution in [0.15, 0.2) is 30.3 Å². The molecule has 0 aliphatic rings. The van der Waals surface area contributed by atoms with Crippen LogP contribution in [-0.4, -0.2) is 27.1 Å². The largest absolute Gasteiger partial charge is 0.334 e. The Balaban J connectivity index is 2.21. The summed E-state index contributed by atoms with van der Waals surface area (Å²) >= 11 is 3.48. The molecule has 0 radical (unpaired) electrons. The van der Waals surface area contributed by atoms with Gasteiger partial charge >= 0.3 is 0 Å². The molecule has 0 aliphatic heterocycles. The molecule has 5 heteroatoms. The Labute approximate surface area is 122 Å². The van der Waals surface area contributed by atoms with Crippen LogP contribution in [0.4, 0.5) is 5.95 Å². The number of benzene rings is 1. The molecule has 0 bridgehead atoms. The van der Waals surface area contributed by atoms with Crippen LogP contribution in [0, 0.1) is 13.8 Å². The molecule has 19 heavy (non-hydrogen) atoms. The van der Waals surface area contributed by atoms with E-state index in [1.165, 1.54) is 5.56 Å². The van der Waals surface area contributed by atoms with E-state index in [2.05, 4.69) is 48.1 Å². The van der Waals surface area contributed by atoms with Gasteiger partial charge in [0.05, 0.1) is 11.4 Å². The highest BCUT2D eigenvalue weighted by molar-refractivity contribution is 9.09. The lowest BCUT2D eigenvalue weighted by atomic mass is 10.2. The third-order valence-electron chi connectivity index (χ3n) is 2.93. The summed E-state index contributed by atoms with van der Waals surface area (Å²) in [6.07, 6.45) is 0. The van der Waals surface area contributed by atoms with E-state index in [1.807, 2.05) is 32.0 Å². The second-order valence-corrected chi connectivity index (χ2v) is 5.17. The molecule has 0 N–H and O–H groups in total. The van der Waals surface area contributed by atoms with Gasteiger partial charge in [0.1, 0.15) is 0 Å². The van der Waals surface area contributed by atoms with E-state index in [9.17, 15) is 0 Å². The molecule has 0 amide bonds. The van der Waals surface area contributed by atoms with E-state index >= 15 is 0 Å². The Morgan fingerprint density at radius 2 is 1.79 bits per heavy atom. The molecule has 0 unspecified atom stereocenters. The summed E-state index contributed by atoms with van der Waals surface area (Å²) in [7, 11) is 0. The highest BCUT2D eigenvalue weighted by Crippen LogP contribution is 2.13. The predicted molar refractivity (Wildman–Crippen MR) is 80.6 cm³/mol. The fourth-order valence-corrected chi connectivity index (χ4v) is 2.16. The number of aromatic nitrogens is 3. The van der Waals surface area contributed by atoms with Crippen LogP contribution in [0.5, 0.6) is 0 Å². The highest BCUT2D eigenvalue weighted by atomic mass is 79.9. The molecule has 100 valence electrons. The zero-order valence-electron chi connectivity index (χ0n) is 11.2. The number of nitrogens with zero attached hydrogens (tertiary/aromatic N) is 4. The predicted octanol–water partition coefficient (Wildman–Crippen LogP) is 2.89. The first-order valence-electron chi connectivity index (χ1n) is 6.23. The van der Waals surface area contributed by atoms with Crippen molar-refractivity contribution in [3.05, 3.63) is 47.3 Å². The van der Waals surface area contributed by atoms with Gasteiger partial charge in [0.25, 0.3) is 0 Å². The lowest BCUT2D eigenvalue weighted by molar-refractivity contribution is 0.760. The van der Waals surface area contributed by atoms with Gasteiger partial charge in [-0.05, 0) is 19.4 Å². The van der Waals surface area contributed by atoms with Crippen LogP contribution in [0.2, 0.25) is 0 Å². The Hall–Kier alpha value is -1.49. The van der Waals surface area contributed by atoms with E-state index in [0.29, 0.717) is 5.95 Å². The van der Waals surface area contributed by atoms with E-state index in [-0.39, 0.29) is 0 Å². The van der Waals surface area contributed by atoms with Gasteiger partial charge in [0.2, 0.25) is 5.95 Å². The van der Waals surface area contributed by atoms with Crippen molar-refractivity contribution < 1.29 is 0 Å². The first-order valence-corrected chi connectivity index (χ1v) is 7.35. The minimum Gasteiger partial charge on any atom is -0.334 e. The average molecular weight is 321 g/mol. The number of aryl methyl sites for hydroxylation is 2. The van der Waals surface area contributed by atoms with Crippen LogP contribution in [0.25, 0.3) is 0 Å². The molecule has 2 rings (SSSR count). The summed E-state index contributed by atoms with van der Waals surface area (Å²) in [5.41, 5.74) is 3.05. The Morgan fingerprint density at radius 1 is 1.05 bits per heavy atom. The number of hydrogen-bond acceptors (Lipinski definition) is 4.